The first kappa shape index (κ1) is 48.5. The molecule has 364 valence electrons. The average Bonchev–Trinajstić information content (AvgIpc) is 4.25. The first-order valence-corrected chi connectivity index (χ1v) is 24.4. The van der Waals surface area contributed by atoms with E-state index in [9.17, 15) is 9.59 Å². The van der Waals surface area contributed by atoms with Crippen molar-refractivity contribution < 1.29 is 27.1 Å². The number of benzene rings is 8. The van der Waals surface area contributed by atoms with Crippen LogP contribution < -0.4 is 11.5 Å². The summed E-state index contributed by atoms with van der Waals surface area (Å²) in [5.74, 6) is 0.616. The third-order valence-corrected chi connectivity index (χ3v) is 12.6. The van der Waals surface area contributed by atoms with E-state index in [0.29, 0.717) is 22.4 Å². The normalized spacial score (nSPS) is 12.2. The van der Waals surface area contributed by atoms with Crippen LogP contribution in [0.5, 0.6) is 0 Å². The fourth-order valence-electron chi connectivity index (χ4n) is 8.76. The number of carbonyl (C=O) groups excluding carboxylic acids is 2. The number of amides is 2. The van der Waals surface area contributed by atoms with Gasteiger partial charge in [0.05, 0.1) is 63.1 Å². The summed E-state index contributed by atoms with van der Waals surface area (Å²) >= 11 is 0. The number of aliphatic imine (C=N–C) groups is 2. The summed E-state index contributed by atoms with van der Waals surface area (Å²) in [5.41, 5.74) is 31.0. The number of imidazole rings is 2. The zero-order chi connectivity index (χ0) is 52.4. The smallest absolute Gasteiger partial charge is 0.366 e. The molecule has 2 aromatic heterocycles. The van der Waals surface area contributed by atoms with E-state index in [2.05, 4.69) is 80.5 Å². The second kappa shape index (κ2) is 20.1. The van der Waals surface area contributed by atoms with Crippen molar-refractivity contribution in [1.29, 1.82) is 5.26 Å². The summed E-state index contributed by atoms with van der Waals surface area (Å²) in [5, 5.41) is 9.02. The van der Waals surface area contributed by atoms with Gasteiger partial charge in [-0.1, -0.05) is 97.1 Å². The number of rotatable bonds is 8. The predicted molar refractivity (Wildman–Crippen MR) is 289 cm³/mol. The lowest BCUT2D eigenvalue weighted by Gasteiger charge is -2.04. The Kier molecular flexibility index (Phi) is 13.0. The Morgan fingerprint density at radius 3 is 1.29 bits per heavy atom. The first-order chi connectivity index (χ1) is 36.1. The van der Waals surface area contributed by atoms with E-state index in [1.165, 1.54) is 5.56 Å². The SMILES string of the molecule is NC(=O)c1ccc(C2=Nc3cc(-c4ccc5nc(-c6ccc(C(N)=O)cc6)[nH]c5c4)ccc3C2)cc1.O=S(=O)(O)O.[C-]#[N+]c1ccc(-c2nc3ccc(-c4ccc5c(c4)N=C(c4ccc(C#N)cc4)C5)cc3[nH]2)cc1. The zero-order valence-electron chi connectivity index (χ0n) is 39.4. The van der Waals surface area contributed by atoms with Crippen LogP contribution in [0.1, 0.15) is 48.5 Å². The van der Waals surface area contributed by atoms with Crippen molar-refractivity contribution in [3.8, 4) is 51.1 Å². The number of nitriles is 1. The molecule has 0 saturated heterocycles. The third-order valence-electron chi connectivity index (χ3n) is 12.6. The lowest BCUT2D eigenvalue weighted by Crippen LogP contribution is -2.11. The Morgan fingerprint density at radius 1 is 0.533 bits per heavy atom. The van der Waals surface area contributed by atoms with Crippen LogP contribution in [0.15, 0.2) is 180 Å². The van der Waals surface area contributed by atoms with Crippen molar-refractivity contribution in [2.24, 2.45) is 21.5 Å². The molecular weight excluding hydrogens is 965 g/mol. The van der Waals surface area contributed by atoms with Gasteiger partial charge in [-0.25, -0.2) is 14.8 Å². The Hall–Kier alpha value is -10.2. The van der Waals surface area contributed by atoms with Crippen molar-refractivity contribution in [3.05, 3.63) is 220 Å². The molecule has 4 heterocycles. The number of primary amides is 2. The zero-order valence-corrected chi connectivity index (χ0v) is 40.2. The number of hydrogen-bond donors (Lipinski definition) is 6. The second-order valence-electron chi connectivity index (χ2n) is 17.5. The molecule has 8 aromatic carbocycles. The topological polar surface area (TPSA) is 271 Å². The average molecular weight is 1010 g/mol. The van der Waals surface area contributed by atoms with Crippen LogP contribution in [-0.2, 0) is 23.2 Å². The summed E-state index contributed by atoms with van der Waals surface area (Å²) in [6.07, 6.45) is 1.53. The number of nitrogens with one attached hydrogen (secondary N) is 2. The minimum Gasteiger partial charge on any atom is -0.366 e. The monoisotopic (exact) mass is 1000 g/mol. The standard InChI is InChI=1S/C29H21N5O2.C29H17N5.H2O4S/c30-27(35)17-3-1-16(2-4-17)24-15-22-10-9-20(13-25(22)32-24)21-11-12-23-26(14-21)34-29(33-23)19-7-5-18(6-8-19)28(31)36;1-31-24-11-8-20(9-12-24)29-33-25-13-10-22(15-28(25)34-29)21-6-7-23-16-26(32-27(23)14-21)19-4-2-18(17-30)3-5-19;1-5(2,3)4/h1-14H,15H2,(H2,30,35)(H2,31,36)(H,33,34);2-15H,16H2,(H,33,34);(H2,1,2,3,4). The van der Waals surface area contributed by atoms with Crippen molar-refractivity contribution in [2.75, 3.05) is 0 Å². The highest BCUT2D eigenvalue weighted by atomic mass is 32.3. The van der Waals surface area contributed by atoms with Crippen LogP contribution in [0.2, 0.25) is 0 Å². The molecule has 2 aliphatic heterocycles. The molecule has 0 fully saturated rings. The molecule has 2 aliphatic rings. The highest BCUT2D eigenvalue weighted by molar-refractivity contribution is 7.79. The lowest BCUT2D eigenvalue weighted by molar-refractivity contribution is 0.0992. The molecule has 0 saturated carbocycles. The molecule has 8 N–H and O–H groups in total. The molecule has 0 aliphatic carbocycles. The highest BCUT2D eigenvalue weighted by Gasteiger charge is 2.20. The maximum Gasteiger partial charge on any atom is 0.394 e. The van der Waals surface area contributed by atoms with Crippen LogP contribution in [0.3, 0.4) is 0 Å². The lowest BCUT2D eigenvalue weighted by atomic mass is 9.99. The van der Waals surface area contributed by atoms with E-state index in [1.807, 2.05) is 78.9 Å². The number of nitrogens with two attached hydrogens (primary N) is 2. The van der Waals surface area contributed by atoms with E-state index < -0.39 is 22.2 Å². The molecule has 0 spiro atoms. The van der Waals surface area contributed by atoms with Crippen molar-refractivity contribution >= 4 is 72.8 Å². The molecule has 0 atom stereocenters. The molecule has 10 aromatic rings. The van der Waals surface area contributed by atoms with Crippen LogP contribution in [-0.4, -0.2) is 60.7 Å². The van der Waals surface area contributed by atoms with Gasteiger partial charge in [0.15, 0.2) is 5.69 Å². The van der Waals surface area contributed by atoms with Crippen molar-refractivity contribution in [3.63, 3.8) is 0 Å². The van der Waals surface area contributed by atoms with Gasteiger partial charge in [-0.2, -0.15) is 13.7 Å². The number of H-pyrrole nitrogens is 2. The van der Waals surface area contributed by atoms with E-state index in [4.69, 9.17) is 55.8 Å². The van der Waals surface area contributed by atoms with E-state index >= 15 is 0 Å². The van der Waals surface area contributed by atoms with Crippen LogP contribution in [0.25, 0.3) is 71.9 Å². The number of nitrogens with zero attached hydrogens (tertiary/aromatic N) is 6. The first-order valence-electron chi connectivity index (χ1n) is 23.0. The largest absolute Gasteiger partial charge is 0.394 e. The van der Waals surface area contributed by atoms with Crippen LogP contribution >= 0.6 is 0 Å². The van der Waals surface area contributed by atoms with Crippen molar-refractivity contribution in [2.45, 2.75) is 12.8 Å². The second-order valence-corrected chi connectivity index (χ2v) is 18.4. The Bertz CT molecular complexity index is 4160. The summed E-state index contributed by atoms with van der Waals surface area (Å²) < 4.78 is 31.6. The molecule has 12 rings (SSSR count). The molecule has 0 unspecified atom stereocenters. The maximum absolute atomic E-state index is 11.3. The highest BCUT2D eigenvalue weighted by Crippen LogP contribution is 2.37. The van der Waals surface area contributed by atoms with Gasteiger partial charge in [0.25, 0.3) is 0 Å². The molecule has 75 heavy (non-hydrogen) atoms. The van der Waals surface area contributed by atoms with Gasteiger partial charge in [0.2, 0.25) is 11.8 Å². The quantitative estimate of drug-likeness (QED) is 0.0623. The summed E-state index contributed by atoms with van der Waals surface area (Å²) in [6, 6.07) is 56.5. The summed E-state index contributed by atoms with van der Waals surface area (Å²) in [4.78, 5) is 52.0. The fourth-order valence-corrected chi connectivity index (χ4v) is 8.76. The number of fused-ring (bicyclic) bond motifs is 4. The molecule has 0 radical (unpaired) electrons. The minimum absolute atomic E-state index is 0.440. The van der Waals surface area contributed by atoms with E-state index in [1.54, 1.807) is 36.4 Å². The summed E-state index contributed by atoms with van der Waals surface area (Å²) in [7, 11) is -4.67. The molecule has 16 nitrogen and oxygen atoms in total. The van der Waals surface area contributed by atoms with Gasteiger partial charge in [-0.15, -0.1) is 0 Å². The van der Waals surface area contributed by atoms with E-state index in [0.717, 1.165) is 119 Å². The van der Waals surface area contributed by atoms with E-state index in [-0.39, 0.29) is 0 Å². The minimum atomic E-state index is -4.67. The number of hydrogen-bond acceptors (Lipinski definition) is 9. The van der Waals surface area contributed by atoms with Gasteiger partial charge in [0.1, 0.15) is 11.6 Å². The van der Waals surface area contributed by atoms with Gasteiger partial charge in [-0.3, -0.25) is 28.7 Å². The number of carbonyl (C=O) groups is 2. The Morgan fingerprint density at radius 2 is 0.893 bits per heavy atom. The van der Waals surface area contributed by atoms with Gasteiger partial charge in [-0.05, 0) is 117 Å². The fraction of sp³-hybridized carbons (Fsp3) is 0.0345. The maximum atomic E-state index is 11.3. The van der Waals surface area contributed by atoms with Gasteiger partial charge in [0, 0.05) is 35.1 Å². The van der Waals surface area contributed by atoms with Crippen LogP contribution in [0.4, 0.5) is 17.1 Å². The number of aromatic nitrogens is 4. The molecule has 2 amide bonds. The molecule has 17 heteroatoms. The van der Waals surface area contributed by atoms with Crippen molar-refractivity contribution in [1.82, 2.24) is 19.9 Å². The predicted octanol–water partition coefficient (Wildman–Crippen LogP) is 11.1. The number of aromatic amines is 2. The Balaban J connectivity index is 0.000000157. The molecular formula is C58H40N10O6S. The van der Waals surface area contributed by atoms with Gasteiger partial charge < -0.3 is 21.4 Å². The summed E-state index contributed by atoms with van der Waals surface area (Å²) in [6.45, 7) is 7.11. The Labute approximate surface area is 428 Å². The van der Waals surface area contributed by atoms with Gasteiger partial charge >= 0.3 is 10.4 Å². The van der Waals surface area contributed by atoms with Crippen LogP contribution in [0, 0.1) is 17.9 Å². The molecule has 0 bridgehead atoms. The third kappa shape index (κ3) is 10.9.